The summed E-state index contributed by atoms with van der Waals surface area (Å²) in [7, 11) is -3.81. The highest BCUT2D eigenvalue weighted by Crippen LogP contribution is 2.29. The fourth-order valence-corrected chi connectivity index (χ4v) is 4.75. The van der Waals surface area contributed by atoms with Crippen molar-refractivity contribution in [1.29, 1.82) is 0 Å². The van der Waals surface area contributed by atoms with Gasteiger partial charge in [-0.3, -0.25) is 14.8 Å². The summed E-state index contributed by atoms with van der Waals surface area (Å²) in [6, 6.07) is 18.4. The van der Waals surface area contributed by atoms with Gasteiger partial charge in [-0.2, -0.15) is 0 Å². The quantitative estimate of drug-likeness (QED) is 0.380. The summed E-state index contributed by atoms with van der Waals surface area (Å²) in [6.45, 7) is 0. The molecule has 4 rings (SSSR count). The van der Waals surface area contributed by atoms with Crippen LogP contribution in [-0.4, -0.2) is 18.3 Å². The molecule has 0 saturated carbocycles. The number of nitro groups is 1. The summed E-state index contributed by atoms with van der Waals surface area (Å²) in [5, 5.41) is 14.5. The van der Waals surface area contributed by atoms with E-state index in [2.05, 4.69) is 9.71 Å². The minimum absolute atomic E-state index is 0.0520. The zero-order valence-corrected chi connectivity index (χ0v) is 15.9. The summed E-state index contributed by atoms with van der Waals surface area (Å²) >= 11 is 1.11. The molecule has 1 aromatic heterocycles. The Hall–Kier alpha value is -3.30. The molecule has 4 aromatic rings. The van der Waals surface area contributed by atoms with Gasteiger partial charge in [-0.1, -0.05) is 42.5 Å². The minimum atomic E-state index is -3.81. The number of anilines is 1. The molecule has 0 aliphatic heterocycles. The van der Waals surface area contributed by atoms with Gasteiger partial charge in [0.25, 0.3) is 15.7 Å². The third-order valence-corrected chi connectivity index (χ3v) is 6.33. The third kappa shape index (κ3) is 3.57. The summed E-state index contributed by atoms with van der Waals surface area (Å²) in [6.07, 6.45) is 0. The largest absolute Gasteiger partial charge is 0.270 e. The normalized spacial score (nSPS) is 11.4. The van der Waals surface area contributed by atoms with Crippen LogP contribution in [0.5, 0.6) is 0 Å². The maximum absolute atomic E-state index is 12.7. The van der Waals surface area contributed by atoms with Crippen molar-refractivity contribution in [1.82, 2.24) is 4.98 Å². The standard InChI is InChI=1S/C19H13N3O4S2/c23-22(24)16-7-3-6-15(10-16)18-12-27-19(20-18)21-28(25,26)17-9-8-13-4-1-2-5-14(13)11-17/h1-12H,(H,20,21). The molecule has 0 atom stereocenters. The summed E-state index contributed by atoms with van der Waals surface area (Å²) in [5.74, 6) is 0. The Kier molecular flexibility index (Phi) is 4.54. The van der Waals surface area contributed by atoms with Gasteiger partial charge in [-0.25, -0.2) is 13.4 Å². The molecule has 0 amide bonds. The van der Waals surface area contributed by atoms with Crippen molar-refractivity contribution in [3.63, 3.8) is 0 Å². The van der Waals surface area contributed by atoms with Crippen molar-refractivity contribution < 1.29 is 13.3 Å². The van der Waals surface area contributed by atoms with E-state index in [1.54, 1.807) is 35.7 Å². The maximum Gasteiger partial charge on any atom is 0.270 e. The van der Waals surface area contributed by atoms with Gasteiger partial charge in [-0.15, -0.1) is 11.3 Å². The highest BCUT2D eigenvalue weighted by molar-refractivity contribution is 7.93. The Morgan fingerprint density at radius 2 is 1.75 bits per heavy atom. The number of nitro benzene ring substituents is 1. The van der Waals surface area contributed by atoms with Crippen LogP contribution in [0.4, 0.5) is 10.8 Å². The predicted molar refractivity (Wildman–Crippen MR) is 109 cm³/mol. The molecule has 0 unspecified atom stereocenters. The molecule has 0 fully saturated rings. The lowest BCUT2D eigenvalue weighted by molar-refractivity contribution is -0.384. The number of hydrogen-bond acceptors (Lipinski definition) is 6. The highest BCUT2D eigenvalue weighted by Gasteiger charge is 2.17. The monoisotopic (exact) mass is 411 g/mol. The van der Waals surface area contributed by atoms with E-state index < -0.39 is 14.9 Å². The van der Waals surface area contributed by atoms with E-state index in [9.17, 15) is 18.5 Å². The van der Waals surface area contributed by atoms with E-state index in [4.69, 9.17) is 0 Å². The molecule has 1 N–H and O–H groups in total. The molecular weight excluding hydrogens is 398 g/mol. The molecular formula is C19H13N3O4S2. The molecule has 0 radical (unpaired) electrons. The van der Waals surface area contributed by atoms with Crippen LogP contribution in [0, 0.1) is 10.1 Å². The Bertz CT molecular complexity index is 1300. The number of sulfonamides is 1. The second-order valence-corrected chi connectivity index (χ2v) is 8.50. The van der Waals surface area contributed by atoms with Gasteiger partial charge in [0.2, 0.25) is 0 Å². The van der Waals surface area contributed by atoms with Crippen LogP contribution >= 0.6 is 11.3 Å². The number of fused-ring (bicyclic) bond motifs is 1. The zero-order valence-electron chi connectivity index (χ0n) is 14.3. The van der Waals surface area contributed by atoms with Crippen LogP contribution in [0.2, 0.25) is 0 Å². The molecule has 0 aliphatic rings. The lowest BCUT2D eigenvalue weighted by Crippen LogP contribution is -2.12. The minimum Gasteiger partial charge on any atom is -0.258 e. The lowest BCUT2D eigenvalue weighted by Gasteiger charge is -2.06. The summed E-state index contributed by atoms with van der Waals surface area (Å²) in [5.41, 5.74) is 0.954. The van der Waals surface area contributed by atoms with Crippen LogP contribution in [0.25, 0.3) is 22.0 Å². The Balaban J connectivity index is 1.62. The first-order chi connectivity index (χ1) is 13.4. The zero-order chi connectivity index (χ0) is 19.7. The molecule has 9 heteroatoms. The Morgan fingerprint density at radius 1 is 0.964 bits per heavy atom. The first-order valence-corrected chi connectivity index (χ1v) is 10.5. The predicted octanol–water partition coefficient (Wildman–Crippen LogP) is 4.67. The molecule has 3 aromatic carbocycles. The van der Waals surface area contributed by atoms with Gasteiger partial charge in [0.15, 0.2) is 5.13 Å². The fraction of sp³-hybridized carbons (Fsp3) is 0. The van der Waals surface area contributed by atoms with Crippen molar-refractivity contribution in [2.24, 2.45) is 0 Å². The topological polar surface area (TPSA) is 102 Å². The first-order valence-electron chi connectivity index (χ1n) is 8.14. The summed E-state index contributed by atoms with van der Waals surface area (Å²) in [4.78, 5) is 14.8. The smallest absolute Gasteiger partial charge is 0.258 e. The van der Waals surface area contributed by atoms with Crippen molar-refractivity contribution in [2.45, 2.75) is 4.90 Å². The van der Waals surface area contributed by atoms with E-state index >= 15 is 0 Å². The average molecular weight is 411 g/mol. The average Bonchev–Trinajstić information content (AvgIpc) is 3.15. The molecule has 0 bridgehead atoms. The van der Waals surface area contributed by atoms with Crippen LogP contribution in [0.3, 0.4) is 0 Å². The van der Waals surface area contributed by atoms with Crippen molar-refractivity contribution in [3.05, 3.63) is 82.2 Å². The molecule has 0 aliphatic carbocycles. The van der Waals surface area contributed by atoms with Gasteiger partial charge in [0, 0.05) is 23.1 Å². The Morgan fingerprint density at radius 3 is 2.54 bits per heavy atom. The lowest BCUT2D eigenvalue weighted by atomic mass is 10.1. The number of nitrogens with one attached hydrogen (secondary N) is 1. The Labute approximate surface area is 164 Å². The maximum atomic E-state index is 12.7. The van der Waals surface area contributed by atoms with E-state index in [1.807, 2.05) is 24.3 Å². The van der Waals surface area contributed by atoms with Crippen LogP contribution in [-0.2, 0) is 10.0 Å². The van der Waals surface area contributed by atoms with Crippen LogP contribution in [0.1, 0.15) is 0 Å². The van der Waals surface area contributed by atoms with Gasteiger partial charge >= 0.3 is 0 Å². The van der Waals surface area contributed by atoms with Gasteiger partial charge < -0.3 is 0 Å². The number of benzene rings is 3. The van der Waals surface area contributed by atoms with Crippen molar-refractivity contribution >= 4 is 43.0 Å². The SMILES string of the molecule is O=[N+]([O-])c1cccc(-c2csc(NS(=O)(=O)c3ccc4ccccc4c3)n2)c1. The van der Waals surface area contributed by atoms with Crippen LogP contribution in [0.15, 0.2) is 77.0 Å². The van der Waals surface area contributed by atoms with E-state index in [-0.39, 0.29) is 15.7 Å². The molecule has 1 heterocycles. The van der Waals surface area contributed by atoms with E-state index in [1.165, 1.54) is 12.1 Å². The van der Waals surface area contributed by atoms with Gasteiger partial charge in [0.05, 0.1) is 15.5 Å². The molecule has 140 valence electrons. The third-order valence-electron chi connectivity index (χ3n) is 4.11. The van der Waals surface area contributed by atoms with Crippen molar-refractivity contribution in [3.8, 4) is 11.3 Å². The van der Waals surface area contributed by atoms with Gasteiger partial charge in [-0.05, 0) is 22.9 Å². The first kappa shape index (κ1) is 18.1. The van der Waals surface area contributed by atoms with Gasteiger partial charge in [0.1, 0.15) is 0 Å². The number of thiazole rings is 1. The molecule has 28 heavy (non-hydrogen) atoms. The number of non-ortho nitro benzene ring substituents is 1. The number of nitrogens with zero attached hydrogens (tertiary/aromatic N) is 2. The molecule has 0 spiro atoms. The number of hydrogen-bond donors (Lipinski definition) is 1. The summed E-state index contributed by atoms with van der Waals surface area (Å²) < 4.78 is 27.9. The second-order valence-electron chi connectivity index (χ2n) is 5.96. The molecule has 7 nitrogen and oxygen atoms in total. The highest BCUT2D eigenvalue weighted by atomic mass is 32.2. The van der Waals surface area contributed by atoms with E-state index in [0.29, 0.717) is 11.3 Å². The molecule has 0 saturated heterocycles. The van der Waals surface area contributed by atoms with Crippen LogP contribution < -0.4 is 4.72 Å². The fourth-order valence-electron chi connectivity index (χ4n) is 2.74. The second kappa shape index (κ2) is 7.02. The number of rotatable bonds is 5. The van der Waals surface area contributed by atoms with Crippen molar-refractivity contribution in [2.75, 3.05) is 4.72 Å². The van der Waals surface area contributed by atoms with E-state index in [0.717, 1.165) is 22.1 Å². The number of aromatic nitrogens is 1.